The maximum atomic E-state index is 12.7. The number of thiophene rings is 1. The summed E-state index contributed by atoms with van der Waals surface area (Å²) < 4.78 is 6.62. The molecule has 1 amide bonds. The lowest BCUT2D eigenvalue weighted by molar-refractivity contribution is 0.0600. The van der Waals surface area contributed by atoms with E-state index in [1.807, 2.05) is 35.9 Å². The van der Waals surface area contributed by atoms with Gasteiger partial charge < -0.3 is 10.1 Å². The molecule has 29 heavy (non-hydrogen) atoms. The van der Waals surface area contributed by atoms with Crippen molar-refractivity contribution >= 4 is 39.1 Å². The maximum Gasteiger partial charge on any atom is 0.337 e. The normalized spacial score (nSPS) is 10.8. The number of esters is 1. The number of hydrogen-bond donors (Lipinski definition) is 1. The maximum absolute atomic E-state index is 12.7. The van der Waals surface area contributed by atoms with E-state index >= 15 is 0 Å². The number of fused-ring (bicyclic) bond motifs is 1. The van der Waals surface area contributed by atoms with Crippen molar-refractivity contribution in [3.63, 3.8) is 0 Å². The topological polar surface area (TPSA) is 73.2 Å². The summed E-state index contributed by atoms with van der Waals surface area (Å²) in [5.74, 6) is -0.603. The van der Waals surface area contributed by atoms with Crippen LogP contribution >= 0.6 is 11.3 Å². The first kappa shape index (κ1) is 18.9. The summed E-state index contributed by atoms with van der Waals surface area (Å²) in [6.07, 6.45) is 0. The molecular formula is C22H19N3O3S. The zero-order chi connectivity index (χ0) is 20.4. The third-order valence-corrected chi connectivity index (χ3v) is 5.72. The summed E-state index contributed by atoms with van der Waals surface area (Å²) in [7, 11) is 1.33. The molecule has 0 atom stereocenters. The van der Waals surface area contributed by atoms with Gasteiger partial charge in [-0.3, -0.25) is 9.48 Å². The molecule has 2 aromatic carbocycles. The van der Waals surface area contributed by atoms with Crippen LogP contribution in [-0.4, -0.2) is 28.8 Å². The average Bonchev–Trinajstić information content (AvgIpc) is 3.30. The molecular weight excluding hydrogens is 386 g/mol. The third-order valence-electron chi connectivity index (χ3n) is 4.57. The van der Waals surface area contributed by atoms with Crippen LogP contribution in [0.1, 0.15) is 31.3 Å². The van der Waals surface area contributed by atoms with E-state index in [1.165, 1.54) is 18.4 Å². The smallest absolute Gasteiger partial charge is 0.337 e. The monoisotopic (exact) mass is 405 g/mol. The molecule has 0 radical (unpaired) electrons. The summed E-state index contributed by atoms with van der Waals surface area (Å²) in [6.45, 7) is 2.60. The number of aromatic nitrogens is 2. The highest BCUT2D eigenvalue weighted by molar-refractivity contribution is 7.20. The number of carbonyl (C=O) groups is 2. The van der Waals surface area contributed by atoms with Gasteiger partial charge in [-0.05, 0) is 42.8 Å². The summed E-state index contributed by atoms with van der Waals surface area (Å²) in [5, 5.41) is 8.47. The first-order valence-electron chi connectivity index (χ1n) is 9.06. The van der Waals surface area contributed by atoms with Crippen molar-refractivity contribution in [1.82, 2.24) is 9.78 Å². The number of rotatable bonds is 5. The van der Waals surface area contributed by atoms with Crippen LogP contribution in [0.2, 0.25) is 0 Å². The van der Waals surface area contributed by atoms with Gasteiger partial charge in [0.2, 0.25) is 0 Å². The number of benzene rings is 2. The molecule has 7 heteroatoms. The highest BCUT2D eigenvalue weighted by atomic mass is 32.1. The fourth-order valence-electron chi connectivity index (χ4n) is 3.09. The molecule has 0 fully saturated rings. The first-order valence-corrected chi connectivity index (χ1v) is 9.87. The summed E-state index contributed by atoms with van der Waals surface area (Å²) >= 11 is 1.42. The number of nitrogens with one attached hydrogen (secondary N) is 1. The van der Waals surface area contributed by atoms with Crippen LogP contribution in [0.3, 0.4) is 0 Å². The van der Waals surface area contributed by atoms with Crippen LogP contribution < -0.4 is 5.32 Å². The molecule has 4 rings (SSSR count). The Labute approximate surface area is 171 Å². The number of aryl methyl sites for hydroxylation is 1. The SMILES string of the molecule is COC(=O)c1ccc(NC(=O)c2cc3c(C)nn(Cc4ccccc4)c3s2)cc1. The van der Waals surface area contributed by atoms with Gasteiger partial charge in [-0.2, -0.15) is 5.10 Å². The van der Waals surface area contributed by atoms with E-state index in [1.54, 1.807) is 24.3 Å². The molecule has 0 spiro atoms. The van der Waals surface area contributed by atoms with Crippen LogP contribution in [0, 0.1) is 6.92 Å². The van der Waals surface area contributed by atoms with Crippen LogP contribution in [-0.2, 0) is 11.3 Å². The summed E-state index contributed by atoms with van der Waals surface area (Å²) in [5.41, 5.74) is 3.10. The number of ether oxygens (including phenoxy) is 1. The van der Waals surface area contributed by atoms with Crippen molar-refractivity contribution in [2.75, 3.05) is 12.4 Å². The highest BCUT2D eigenvalue weighted by Gasteiger charge is 2.17. The molecule has 4 aromatic rings. The van der Waals surface area contributed by atoms with Crippen LogP contribution in [0.4, 0.5) is 5.69 Å². The summed E-state index contributed by atoms with van der Waals surface area (Å²) in [6, 6.07) is 18.6. The lowest BCUT2D eigenvalue weighted by atomic mass is 10.2. The second-order valence-electron chi connectivity index (χ2n) is 6.58. The zero-order valence-electron chi connectivity index (χ0n) is 16.0. The van der Waals surface area contributed by atoms with Gasteiger partial charge in [0, 0.05) is 11.1 Å². The van der Waals surface area contributed by atoms with E-state index in [4.69, 9.17) is 0 Å². The Bertz CT molecular complexity index is 1180. The Morgan fingerprint density at radius 3 is 2.52 bits per heavy atom. The van der Waals surface area contributed by atoms with Crippen molar-refractivity contribution in [3.05, 3.63) is 82.4 Å². The minimum atomic E-state index is -0.411. The van der Waals surface area contributed by atoms with Crippen LogP contribution in [0.25, 0.3) is 10.2 Å². The zero-order valence-corrected chi connectivity index (χ0v) is 16.8. The van der Waals surface area contributed by atoms with Gasteiger partial charge in [-0.15, -0.1) is 11.3 Å². The predicted octanol–water partition coefficient (Wildman–Crippen LogP) is 4.49. The van der Waals surface area contributed by atoms with Crippen molar-refractivity contribution in [2.45, 2.75) is 13.5 Å². The molecule has 0 aliphatic rings. The number of amides is 1. The Kier molecular flexibility index (Phi) is 5.14. The van der Waals surface area contributed by atoms with Crippen molar-refractivity contribution in [2.24, 2.45) is 0 Å². The number of nitrogens with zero attached hydrogens (tertiary/aromatic N) is 2. The molecule has 0 saturated carbocycles. The average molecular weight is 405 g/mol. The minimum Gasteiger partial charge on any atom is -0.465 e. The van der Waals surface area contributed by atoms with E-state index in [-0.39, 0.29) is 5.91 Å². The lowest BCUT2D eigenvalue weighted by Crippen LogP contribution is -2.10. The van der Waals surface area contributed by atoms with Crippen molar-refractivity contribution < 1.29 is 14.3 Å². The second kappa shape index (κ2) is 7.89. The van der Waals surface area contributed by atoms with E-state index < -0.39 is 5.97 Å². The molecule has 0 aliphatic carbocycles. The minimum absolute atomic E-state index is 0.192. The van der Waals surface area contributed by atoms with E-state index in [2.05, 4.69) is 27.3 Å². The van der Waals surface area contributed by atoms with Gasteiger partial charge in [-0.25, -0.2) is 4.79 Å². The molecule has 0 aliphatic heterocycles. The van der Waals surface area contributed by atoms with Gasteiger partial charge in [0.05, 0.1) is 29.8 Å². The Morgan fingerprint density at radius 1 is 1.10 bits per heavy atom. The molecule has 146 valence electrons. The Balaban J connectivity index is 1.55. The van der Waals surface area contributed by atoms with Gasteiger partial charge in [0.1, 0.15) is 4.83 Å². The number of methoxy groups -OCH3 is 1. The van der Waals surface area contributed by atoms with Crippen LogP contribution in [0.5, 0.6) is 0 Å². The quantitative estimate of drug-likeness (QED) is 0.497. The van der Waals surface area contributed by atoms with Crippen molar-refractivity contribution in [3.8, 4) is 0 Å². The first-order chi connectivity index (χ1) is 14.0. The second-order valence-corrected chi connectivity index (χ2v) is 7.61. The van der Waals surface area contributed by atoms with E-state index in [9.17, 15) is 9.59 Å². The highest BCUT2D eigenvalue weighted by Crippen LogP contribution is 2.29. The lowest BCUT2D eigenvalue weighted by Gasteiger charge is -2.05. The molecule has 1 N–H and O–H groups in total. The number of carbonyl (C=O) groups excluding carboxylic acids is 2. The van der Waals surface area contributed by atoms with Gasteiger partial charge in [0.15, 0.2) is 0 Å². The van der Waals surface area contributed by atoms with E-state index in [0.717, 1.165) is 21.5 Å². The summed E-state index contributed by atoms with van der Waals surface area (Å²) in [4.78, 5) is 25.8. The van der Waals surface area contributed by atoms with Gasteiger partial charge in [0.25, 0.3) is 5.91 Å². The van der Waals surface area contributed by atoms with E-state index in [0.29, 0.717) is 22.7 Å². The number of anilines is 1. The largest absolute Gasteiger partial charge is 0.465 e. The van der Waals surface area contributed by atoms with Gasteiger partial charge in [-0.1, -0.05) is 30.3 Å². The van der Waals surface area contributed by atoms with Crippen molar-refractivity contribution in [1.29, 1.82) is 0 Å². The predicted molar refractivity (Wildman–Crippen MR) is 114 cm³/mol. The molecule has 2 heterocycles. The molecule has 6 nitrogen and oxygen atoms in total. The van der Waals surface area contributed by atoms with Crippen LogP contribution in [0.15, 0.2) is 60.7 Å². The standard InChI is InChI=1S/C22H19N3O3S/c1-14-18-12-19(20(26)23-17-10-8-16(9-11-17)22(27)28-2)29-21(18)25(24-14)13-15-6-4-3-5-7-15/h3-12H,13H2,1-2H3,(H,23,26). The Morgan fingerprint density at radius 2 is 1.83 bits per heavy atom. The molecule has 2 aromatic heterocycles. The third kappa shape index (κ3) is 3.90. The fourth-order valence-corrected chi connectivity index (χ4v) is 4.14. The molecule has 0 unspecified atom stereocenters. The number of hydrogen-bond acceptors (Lipinski definition) is 5. The fraction of sp³-hybridized carbons (Fsp3) is 0.136. The Hall–Kier alpha value is -3.45. The van der Waals surface area contributed by atoms with Gasteiger partial charge >= 0.3 is 5.97 Å². The molecule has 0 saturated heterocycles. The molecule has 0 bridgehead atoms.